The SMILES string of the molecule is CC(C)CS(=O)(=O)C1CN(C(=O)c2ccccc2Br)C1. The summed E-state index contributed by atoms with van der Waals surface area (Å²) < 4.78 is 24.8. The van der Waals surface area contributed by atoms with Crippen molar-refractivity contribution in [1.82, 2.24) is 4.90 Å². The minimum atomic E-state index is -3.09. The van der Waals surface area contributed by atoms with Crippen LogP contribution in [-0.4, -0.2) is 43.3 Å². The molecule has 0 bridgehead atoms. The molecule has 1 fully saturated rings. The average Bonchev–Trinajstić information content (AvgIpc) is 2.24. The zero-order valence-electron chi connectivity index (χ0n) is 11.5. The van der Waals surface area contributed by atoms with Crippen molar-refractivity contribution in [2.24, 2.45) is 5.92 Å². The molecule has 1 aromatic rings. The summed E-state index contributed by atoms with van der Waals surface area (Å²) in [6, 6.07) is 7.18. The van der Waals surface area contributed by atoms with Gasteiger partial charge < -0.3 is 4.90 Å². The minimum Gasteiger partial charge on any atom is -0.336 e. The van der Waals surface area contributed by atoms with Gasteiger partial charge in [0.1, 0.15) is 0 Å². The third-order valence-corrected chi connectivity index (χ3v) is 6.45. The molecule has 0 saturated carbocycles. The number of hydrogen-bond donors (Lipinski definition) is 0. The van der Waals surface area contributed by atoms with Crippen LogP contribution in [0.4, 0.5) is 0 Å². The summed E-state index contributed by atoms with van der Waals surface area (Å²) in [6.45, 7) is 4.38. The molecule has 0 spiro atoms. The molecule has 20 heavy (non-hydrogen) atoms. The smallest absolute Gasteiger partial charge is 0.255 e. The number of hydrogen-bond acceptors (Lipinski definition) is 3. The highest BCUT2D eigenvalue weighted by atomic mass is 79.9. The molecule has 1 heterocycles. The van der Waals surface area contributed by atoms with E-state index in [0.717, 1.165) is 4.47 Å². The van der Waals surface area contributed by atoms with Gasteiger partial charge in [0, 0.05) is 17.6 Å². The topological polar surface area (TPSA) is 54.5 Å². The molecule has 0 N–H and O–H groups in total. The number of amides is 1. The van der Waals surface area contributed by atoms with E-state index in [1.54, 1.807) is 23.1 Å². The zero-order chi connectivity index (χ0) is 14.9. The highest BCUT2D eigenvalue weighted by molar-refractivity contribution is 9.10. The van der Waals surface area contributed by atoms with Crippen LogP contribution in [0.3, 0.4) is 0 Å². The van der Waals surface area contributed by atoms with E-state index in [4.69, 9.17) is 0 Å². The fourth-order valence-corrected chi connectivity index (χ4v) is 4.71. The van der Waals surface area contributed by atoms with Gasteiger partial charge >= 0.3 is 0 Å². The Morgan fingerprint density at radius 1 is 1.35 bits per heavy atom. The Labute approximate surface area is 128 Å². The highest BCUT2D eigenvalue weighted by Gasteiger charge is 2.40. The molecule has 1 aromatic carbocycles. The first-order valence-corrected chi connectivity index (χ1v) is 9.07. The van der Waals surface area contributed by atoms with Gasteiger partial charge in [0.25, 0.3) is 5.91 Å². The fraction of sp³-hybridized carbons (Fsp3) is 0.500. The maximum atomic E-state index is 12.2. The molecule has 4 nitrogen and oxygen atoms in total. The van der Waals surface area contributed by atoms with Crippen LogP contribution < -0.4 is 0 Å². The molecule has 1 aliphatic heterocycles. The Hall–Kier alpha value is -0.880. The van der Waals surface area contributed by atoms with Gasteiger partial charge in [0.15, 0.2) is 9.84 Å². The molecule has 1 amide bonds. The van der Waals surface area contributed by atoms with Gasteiger partial charge in [-0.1, -0.05) is 26.0 Å². The van der Waals surface area contributed by atoms with Crippen LogP contribution in [0.5, 0.6) is 0 Å². The highest BCUT2D eigenvalue weighted by Crippen LogP contribution is 2.24. The standard InChI is InChI=1S/C14H18BrNO3S/c1-10(2)9-20(18,19)11-7-16(8-11)14(17)12-5-3-4-6-13(12)15/h3-6,10-11H,7-9H2,1-2H3. The first-order chi connectivity index (χ1) is 9.31. The summed E-state index contributed by atoms with van der Waals surface area (Å²) in [5.74, 6) is 0.191. The lowest BCUT2D eigenvalue weighted by Gasteiger charge is -2.39. The Morgan fingerprint density at radius 3 is 2.50 bits per heavy atom. The molecular formula is C14H18BrNO3S. The van der Waals surface area contributed by atoms with Crippen LogP contribution in [0, 0.1) is 5.92 Å². The largest absolute Gasteiger partial charge is 0.336 e. The van der Waals surface area contributed by atoms with Crippen molar-refractivity contribution in [3.05, 3.63) is 34.3 Å². The van der Waals surface area contributed by atoms with E-state index in [-0.39, 0.29) is 17.6 Å². The molecule has 0 aromatic heterocycles. The number of carbonyl (C=O) groups is 1. The lowest BCUT2D eigenvalue weighted by molar-refractivity contribution is 0.0658. The Kier molecular flexibility index (Phi) is 4.54. The molecule has 0 atom stereocenters. The summed E-state index contributed by atoms with van der Waals surface area (Å²) >= 11 is 3.34. The second-order valence-corrected chi connectivity index (χ2v) is 8.72. The predicted octanol–water partition coefficient (Wildman–Crippen LogP) is 2.34. The predicted molar refractivity (Wildman–Crippen MR) is 82.5 cm³/mol. The van der Waals surface area contributed by atoms with Crippen molar-refractivity contribution in [3.8, 4) is 0 Å². The number of sulfone groups is 1. The maximum absolute atomic E-state index is 12.2. The van der Waals surface area contributed by atoms with E-state index in [1.165, 1.54) is 0 Å². The van der Waals surface area contributed by atoms with E-state index >= 15 is 0 Å². The number of halogens is 1. The van der Waals surface area contributed by atoms with Crippen molar-refractivity contribution in [2.75, 3.05) is 18.8 Å². The third kappa shape index (κ3) is 3.23. The quantitative estimate of drug-likeness (QED) is 0.828. The number of benzene rings is 1. The van der Waals surface area contributed by atoms with Crippen LogP contribution in [0.2, 0.25) is 0 Å². The monoisotopic (exact) mass is 359 g/mol. The second-order valence-electron chi connectivity index (χ2n) is 5.54. The summed E-state index contributed by atoms with van der Waals surface area (Å²) in [7, 11) is -3.09. The molecule has 0 unspecified atom stereocenters. The van der Waals surface area contributed by atoms with Crippen molar-refractivity contribution < 1.29 is 13.2 Å². The van der Waals surface area contributed by atoms with Gasteiger partial charge in [0.05, 0.1) is 16.6 Å². The summed E-state index contributed by atoms with van der Waals surface area (Å²) in [6.07, 6.45) is 0. The third-order valence-electron chi connectivity index (χ3n) is 3.31. The number of nitrogens with zero attached hydrogens (tertiary/aromatic N) is 1. The van der Waals surface area contributed by atoms with Crippen LogP contribution in [0.1, 0.15) is 24.2 Å². The first kappa shape index (κ1) is 15.5. The second kappa shape index (κ2) is 5.85. The molecule has 1 aliphatic rings. The number of likely N-dealkylation sites (tertiary alicyclic amines) is 1. The lowest BCUT2D eigenvalue weighted by atomic mass is 10.1. The van der Waals surface area contributed by atoms with Gasteiger partial charge in [-0.15, -0.1) is 0 Å². The van der Waals surface area contributed by atoms with Crippen LogP contribution in [0.15, 0.2) is 28.7 Å². The Balaban J connectivity index is 2.01. The van der Waals surface area contributed by atoms with E-state index in [1.807, 2.05) is 19.9 Å². The van der Waals surface area contributed by atoms with Gasteiger partial charge in [-0.25, -0.2) is 8.42 Å². The molecule has 0 aliphatic carbocycles. The van der Waals surface area contributed by atoms with E-state index in [2.05, 4.69) is 15.9 Å². The van der Waals surface area contributed by atoms with Crippen molar-refractivity contribution >= 4 is 31.7 Å². The number of carbonyl (C=O) groups excluding carboxylic acids is 1. The Morgan fingerprint density at radius 2 is 1.95 bits per heavy atom. The van der Waals surface area contributed by atoms with Crippen LogP contribution in [0.25, 0.3) is 0 Å². The van der Waals surface area contributed by atoms with Crippen LogP contribution in [-0.2, 0) is 9.84 Å². The molecule has 2 rings (SSSR count). The summed E-state index contributed by atoms with van der Waals surface area (Å²) in [5, 5.41) is -0.406. The average molecular weight is 360 g/mol. The molecule has 6 heteroatoms. The zero-order valence-corrected chi connectivity index (χ0v) is 13.9. The van der Waals surface area contributed by atoms with Crippen molar-refractivity contribution in [3.63, 3.8) is 0 Å². The molecule has 110 valence electrons. The van der Waals surface area contributed by atoms with E-state index in [9.17, 15) is 13.2 Å². The van der Waals surface area contributed by atoms with Gasteiger partial charge in [-0.05, 0) is 34.0 Å². The fourth-order valence-electron chi connectivity index (χ4n) is 2.24. The van der Waals surface area contributed by atoms with Gasteiger partial charge in [-0.2, -0.15) is 0 Å². The molecule has 1 saturated heterocycles. The van der Waals surface area contributed by atoms with Crippen LogP contribution >= 0.6 is 15.9 Å². The first-order valence-electron chi connectivity index (χ1n) is 6.56. The van der Waals surface area contributed by atoms with Gasteiger partial charge in [0.2, 0.25) is 0 Å². The molecular weight excluding hydrogens is 342 g/mol. The van der Waals surface area contributed by atoms with Crippen molar-refractivity contribution in [2.45, 2.75) is 19.1 Å². The minimum absolute atomic E-state index is 0.117. The summed E-state index contributed by atoms with van der Waals surface area (Å²) in [4.78, 5) is 13.8. The molecule has 0 radical (unpaired) electrons. The van der Waals surface area contributed by atoms with E-state index in [0.29, 0.717) is 18.7 Å². The van der Waals surface area contributed by atoms with Gasteiger partial charge in [-0.3, -0.25) is 4.79 Å². The lowest BCUT2D eigenvalue weighted by Crippen LogP contribution is -2.57. The normalized spacial score (nSPS) is 16.3. The van der Waals surface area contributed by atoms with E-state index < -0.39 is 15.1 Å². The maximum Gasteiger partial charge on any atom is 0.255 e. The Bertz CT molecular complexity index is 607. The van der Waals surface area contributed by atoms with Crippen molar-refractivity contribution in [1.29, 1.82) is 0 Å². The number of rotatable bonds is 4. The summed E-state index contributed by atoms with van der Waals surface area (Å²) in [5.41, 5.74) is 0.576.